The van der Waals surface area contributed by atoms with Gasteiger partial charge in [0.15, 0.2) is 0 Å². The normalized spacial score (nSPS) is 37.2. The Balaban J connectivity index is 1.85. The van der Waals surface area contributed by atoms with Gasteiger partial charge < -0.3 is 9.64 Å². The standard InChI is InChI=1S/C16H27NO/c1-12(2)16-7-5-15(6-8-16)11-17-9-13(3)18-14(4)10-17/h5,13-14,16H,1,6-11H2,2-4H3/p+1/t13-,14-,16-/m0/s1. The van der Waals surface area contributed by atoms with Crippen LogP contribution in [-0.2, 0) is 4.74 Å². The van der Waals surface area contributed by atoms with Gasteiger partial charge in [-0.3, -0.25) is 0 Å². The Morgan fingerprint density at radius 2 is 2.06 bits per heavy atom. The zero-order chi connectivity index (χ0) is 13.1. The van der Waals surface area contributed by atoms with Crippen LogP contribution >= 0.6 is 0 Å². The molecule has 1 aliphatic carbocycles. The monoisotopic (exact) mass is 250 g/mol. The third kappa shape index (κ3) is 3.69. The van der Waals surface area contributed by atoms with Crippen LogP contribution in [0.2, 0.25) is 0 Å². The Kier molecular flexibility index (Phi) is 4.63. The fourth-order valence-corrected chi connectivity index (χ4v) is 3.35. The van der Waals surface area contributed by atoms with Crippen molar-refractivity contribution in [2.45, 2.75) is 52.2 Å². The molecule has 1 saturated heterocycles. The number of quaternary nitrogens is 1. The van der Waals surface area contributed by atoms with Crippen LogP contribution in [0.5, 0.6) is 0 Å². The van der Waals surface area contributed by atoms with E-state index in [-0.39, 0.29) is 0 Å². The lowest BCUT2D eigenvalue weighted by molar-refractivity contribution is -0.910. The molecule has 0 unspecified atom stereocenters. The summed E-state index contributed by atoms with van der Waals surface area (Å²) in [4.78, 5) is 1.70. The molecule has 2 nitrogen and oxygen atoms in total. The van der Waals surface area contributed by atoms with E-state index in [1.165, 1.54) is 31.4 Å². The van der Waals surface area contributed by atoms with Gasteiger partial charge in [0.25, 0.3) is 0 Å². The molecule has 0 bridgehead atoms. The molecule has 1 N–H and O–H groups in total. The lowest BCUT2D eigenvalue weighted by atomic mass is 9.85. The molecule has 1 heterocycles. The van der Waals surface area contributed by atoms with Crippen molar-refractivity contribution >= 4 is 0 Å². The highest BCUT2D eigenvalue weighted by atomic mass is 16.5. The van der Waals surface area contributed by atoms with Crippen molar-refractivity contribution in [2.24, 2.45) is 5.92 Å². The molecule has 0 saturated carbocycles. The molecule has 0 radical (unpaired) electrons. The molecule has 2 aliphatic rings. The highest BCUT2D eigenvalue weighted by molar-refractivity contribution is 5.12. The molecule has 1 fully saturated rings. The van der Waals surface area contributed by atoms with Crippen LogP contribution in [0.25, 0.3) is 0 Å². The number of hydrogen-bond acceptors (Lipinski definition) is 1. The topological polar surface area (TPSA) is 13.7 Å². The Labute approximate surface area is 112 Å². The van der Waals surface area contributed by atoms with Crippen molar-refractivity contribution in [3.8, 4) is 0 Å². The van der Waals surface area contributed by atoms with Gasteiger partial charge in [-0.1, -0.05) is 18.2 Å². The highest BCUT2D eigenvalue weighted by Gasteiger charge is 2.26. The number of nitrogens with one attached hydrogen (secondary N) is 1. The van der Waals surface area contributed by atoms with E-state index in [0.717, 1.165) is 19.0 Å². The van der Waals surface area contributed by atoms with E-state index < -0.39 is 0 Å². The van der Waals surface area contributed by atoms with E-state index in [0.29, 0.717) is 12.2 Å². The van der Waals surface area contributed by atoms with Crippen LogP contribution in [0.4, 0.5) is 0 Å². The molecule has 0 aromatic rings. The van der Waals surface area contributed by atoms with E-state index in [9.17, 15) is 0 Å². The molecule has 102 valence electrons. The first-order valence-corrected chi connectivity index (χ1v) is 7.37. The predicted octanol–water partition coefficient (Wildman–Crippen LogP) is 1.98. The predicted molar refractivity (Wildman–Crippen MR) is 75.8 cm³/mol. The van der Waals surface area contributed by atoms with Crippen molar-refractivity contribution in [3.05, 3.63) is 23.8 Å². The first-order valence-electron chi connectivity index (χ1n) is 7.37. The second kappa shape index (κ2) is 6.03. The fourth-order valence-electron chi connectivity index (χ4n) is 3.35. The van der Waals surface area contributed by atoms with Crippen molar-refractivity contribution in [3.63, 3.8) is 0 Å². The molecule has 0 spiro atoms. The van der Waals surface area contributed by atoms with Gasteiger partial charge in [0.1, 0.15) is 25.3 Å². The number of morpholine rings is 1. The summed E-state index contributed by atoms with van der Waals surface area (Å²) in [5, 5.41) is 0. The fraction of sp³-hybridized carbons (Fsp3) is 0.750. The average Bonchev–Trinajstić information content (AvgIpc) is 2.28. The number of ether oxygens (including phenoxy) is 1. The molecule has 3 atom stereocenters. The van der Waals surface area contributed by atoms with Crippen molar-refractivity contribution < 1.29 is 9.64 Å². The lowest BCUT2D eigenvalue weighted by Gasteiger charge is -2.33. The quantitative estimate of drug-likeness (QED) is 0.756. The van der Waals surface area contributed by atoms with Gasteiger partial charge in [0.2, 0.25) is 0 Å². The van der Waals surface area contributed by atoms with Crippen LogP contribution < -0.4 is 4.90 Å². The Bertz CT molecular complexity index is 324. The maximum absolute atomic E-state index is 5.80. The molecule has 0 aromatic heterocycles. The summed E-state index contributed by atoms with van der Waals surface area (Å²) in [7, 11) is 0. The zero-order valence-corrected chi connectivity index (χ0v) is 12.2. The van der Waals surface area contributed by atoms with E-state index in [4.69, 9.17) is 4.74 Å². The zero-order valence-electron chi connectivity index (χ0n) is 12.2. The van der Waals surface area contributed by atoms with Crippen LogP contribution in [0, 0.1) is 5.92 Å². The summed E-state index contributed by atoms with van der Waals surface area (Å²) in [5.74, 6) is 0.728. The minimum atomic E-state index is 0.413. The van der Waals surface area contributed by atoms with E-state index in [1.54, 1.807) is 10.5 Å². The maximum atomic E-state index is 5.80. The van der Waals surface area contributed by atoms with Crippen molar-refractivity contribution in [1.82, 2.24) is 0 Å². The van der Waals surface area contributed by atoms with Gasteiger partial charge in [0.05, 0.1) is 6.54 Å². The first kappa shape index (κ1) is 13.8. The second-order valence-corrected chi connectivity index (χ2v) is 6.27. The summed E-state index contributed by atoms with van der Waals surface area (Å²) in [6.07, 6.45) is 7.08. The second-order valence-electron chi connectivity index (χ2n) is 6.27. The van der Waals surface area contributed by atoms with Crippen LogP contribution in [0.15, 0.2) is 23.8 Å². The molecule has 18 heavy (non-hydrogen) atoms. The Morgan fingerprint density at radius 1 is 1.39 bits per heavy atom. The molecular weight excluding hydrogens is 222 g/mol. The summed E-state index contributed by atoms with van der Waals surface area (Å²) < 4.78 is 5.80. The van der Waals surface area contributed by atoms with Crippen molar-refractivity contribution in [2.75, 3.05) is 19.6 Å². The van der Waals surface area contributed by atoms with E-state index in [2.05, 4.69) is 33.4 Å². The van der Waals surface area contributed by atoms with Gasteiger partial charge in [-0.05, 0) is 51.5 Å². The number of rotatable bonds is 3. The molecule has 1 aliphatic heterocycles. The van der Waals surface area contributed by atoms with Gasteiger partial charge >= 0.3 is 0 Å². The highest BCUT2D eigenvalue weighted by Crippen LogP contribution is 2.27. The molecule has 0 aromatic carbocycles. The average molecular weight is 250 g/mol. The minimum Gasteiger partial charge on any atom is -0.364 e. The van der Waals surface area contributed by atoms with E-state index in [1.807, 2.05) is 0 Å². The summed E-state index contributed by atoms with van der Waals surface area (Å²) >= 11 is 0. The van der Waals surface area contributed by atoms with Crippen LogP contribution in [0.3, 0.4) is 0 Å². The summed E-state index contributed by atoms with van der Waals surface area (Å²) in [6, 6.07) is 0. The SMILES string of the molecule is C=C(C)[C@H]1CC=C(C[NH+]2C[C@H](C)O[C@@H](C)C2)CC1. The number of hydrogen-bond donors (Lipinski definition) is 1. The first-order chi connectivity index (χ1) is 8.54. The summed E-state index contributed by atoms with van der Waals surface area (Å²) in [5.41, 5.74) is 3.01. The molecule has 2 heteroatoms. The lowest BCUT2D eigenvalue weighted by Crippen LogP contribution is -3.15. The summed E-state index contributed by atoms with van der Waals surface area (Å²) in [6.45, 7) is 14.2. The van der Waals surface area contributed by atoms with Gasteiger partial charge in [0, 0.05) is 0 Å². The third-order valence-corrected chi connectivity index (χ3v) is 4.30. The van der Waals surface area contributed by atoms with Crippen LogP contribution in [0.1, 0.15) is 40.0 Å². The van der Waals surface area contributed by atoms with Gasteiger partial charge in [-0.25, -0.2) is 0 Å². The maximum Gasteiger partial charge on any atom is 0.104 e. The van der Waals surface area contributed by atoms with Gasteiger partial charge in [-0.15, -0.1) is 0 Å². The smallest absolute Gasteiger partial charge is 0.104 e. The number of allylic oxidation sites excluding steroid dienone is 2. The molecular formula is C16H28NO+. The van der Waals surface area contributed by atoms with E-state index >= 15 is 0 Å². The Hall–Kier alpha value is -0.600. The molecule has 2 rings (SSSR count). The minimum absolute atomic E-state index is 0.413. The third-order valence-electron chi connectivity index (χ3n) is 4.30. The molecule has 0 amide bonds. The van der Waals surface area contributed by atoms with Crippen molar-refractivity contribution in [1.29, 1.82) is 0 Å². The van der Waals surface area contributed by atoms with Gasteiger partial charge in [-0.2, -0.15) is 0 Å². The largest absolute Gasteiger partial charge is 0.364 e. The Morgan fingerprint density at radius 3 is 2.56 bits per heavy atom. The van der Waals surface area contributed by atoms with Crippen LogP contribution in [-0.4, -0.2) is 31.8 Å².